The number of nitrogens with zero attached hydrogens (tertiary/aromatic N) is 2. The first-order valence-corrected chi connectivity index (χ1v) is 13.5. The third-order valence-electron chi connectivity index (χ3n) is 8.48. The molecule has 2 aromatic rings. The Morgan fingerprint density at radius 3 is 2.17 bits per heavy atom. The molecule has 4 aliphatic rings. The molecule has 4 bridgehead atoms. The molecule has 0 atom stereocenters. The van der Waals surface area contributed by atoms with Gasteiger partial charge >= 0.3 is 0 Å². The van der Waals surface area contributed by atoms with Gasteiger partial charge in [-0.15, -0.1) is 0 Å². The first-order chi connectivity index (χ1) is 16.9. The zero-order valence-corrected chi connectivity index (χ0v) is 21.3. The monoisotopic (exact) mass is 476 g/mol. The van der Waals surface area contributed by atoms with Crippen molar-refractivity contribution in [2.45, 2.75) is 65.3 Å². The summed E-state index contributed by atoms with van der Waals surface area (Å²) < 4.78 is 5.57. The zero-order valence-electron chi connectivity index (χ0n) is 21.3. The van der Waals surface area contributed by atoms with Crippen LogP contribution in [-0.2, 0) is 22.6 Å². The van der Waals surface area contributed by atoms with Gasteiger partial charge in [-0.05, 0) is 86.3 Å². The number of hydrogen-bond donors (Lipinski definition) is 0. The quantitative estimate of drug-likeness (QED) is 0.452. The average Bonchev–Trinajstić information content (AvgIpc) is 3.33. The van der Waals surface area contributed by atoms with Crippen molar-refractivity contribution in [1.82, 2.24) is 9.80 Å². The van der Waals surface area contributed by atoms with Crippen LogP contribution in [0.4, 0.5) is 0 Å². The summed E-state index contributed by atoms with van der Waals surface area (Å²) in [5.74, 6) is 3.49. The minimum atomic E-state index is -0.222. The smallest absolute Gasteiger partial charge is 0.242 e. The molecule has 0 N–H and O–H groups in total. The van der Waals surface area contributed by atoms with Gasteiger partial charge in [-0.2, -0.15) is 0 Å². The van der Waals surface area contributed by atoms with Crippen LogP contribution in [0, 0.1) is 29.1 Å². The van der Waals surface area contributed by atoms with E-state index in [1.165, 1.54) is 24.8 Å². The lowest BCUT2D eigenvalue weighted by Gasteiger charge is -2.56. The number of carbonyl (C=O) groups is 2. The van der Waals surface area contributed by atoms with E-state index >= 15 is 0 Å². The fraction of sp³-hybridized carbons (Fsp3) is 0.600. The van der Waals surface area contributed by atoms with Crippen LogP contribution in [0.1, 0.15) is 63.7 Å². The Kier molecular flexibility index (Phi) is 7.04. The summed E-state index contributed by atoms with van der Waals surface area (Å²) in [6, 6.07) is 14.0. The minimum absolute atomic E-state index is 0.0102. The Bertz CT molecular complexity index is 963. The minimum Gasteiger partial charge on any atom is -0.467 e. The van der Waals surface area contributed by atoms with Gasteiger partial charge < -0.3 is 14.2 Å². The van der Waals surface area contributed by atoms with Gasteiger partial charge in [-0.25, -0.2) is 0 Å². The fourth-order valence-corrected chi connectivity index (χ4v) is 7.42. The second-order valence-electron chi connectivity index (χ2n) is 11.9. The van der Waals surface area contributed by atoms with Crippen molar-refractivity contribution in [3.8, 4) is 0 Å². The highest BCUT2D eigenvalue weighted by molar-refractivity contribution is 5.88. The highest BCUT2D eigenvalue weighted by Crippen LogP contribution is 2.60. The van der Waals surface area contributed by atoms with E-state index in [0.29, 0.717) is 43.3 Å². The highest BCUT2D eigenvalue weighted by atomic mass is 16.3. The van der Waals surface area contributed by atoms with Crippen molar-refractivity contribution in [3.63, 3.8) is 0 Å². The van der Waals surface area contributed by atoms with E-state index in [2.05, 4.69) is 26.0 Å². The predicted molar refractivity (Wildman–Crippen MR) is 136 cm³/mol. The number of benzene rings is 1. The van der Waals surface area contributed by atoms with Crippen LogP contribution in [0.3, 0.4) is 0 Å². The van der Waals surface area contributed by atoms with Crippen molar-refractivity contribution in [1.29, 1.82) is 0 Å². The maximum Gasteiger partial charge on any atom is 0.242 e. The SMILES string of the molecule is CC(C)CN(CC(=O)N(CCc1ccccc1)Cc1ccco1)C(=O)C12CC3CC(CC(C3)C1)C2. The summed E-state index contributed by atoms with van der Waals surface area (Å²) in [7, 11) is 0. The van der Waals surface area contributed by atoms with Crippen LogP contribution < -0.4 is 0 Å². The number of furan rings is 1. The van der Waals surface area contributed by atoms with Gasteiger partial charge in [0.2, 0.25) is 11.8 Å². The Morgan fingerprint density at radius 1 is 0.943 bits per heavy atom. The van der Waals surface area contributed by atoms with Gasteiger partial charge in [0.15, 0.2) is 0 Å². The highest BCUT2D eigenvalue weighted by Gasteiger charge is 2.55. The second-order valence-corrected chi connectivity index (χ2v) is 11.9. The van der Waals surface area contributed by atoms with Gasteiger partial charge in [-0.3, -0.25) is 9.59 Å². The van der Waals surface area contributed by atoms with Gasteiger partial charge in [0.25, 0.3) is 0 Å². The van der Waals surface area contributed by atoms with Crippen LogP contribution in [0.15, 0.2) is 53.1 Å². The molecule has 1 heterocycles. The molecule has 4 fully saturated rings. The van der Waals surface area contributed by atoms with Crippen molar-refractivity contribution < 1.29 is 14.0 Å². The lowest BCUT2D eigenvalue weighted by atomic mass is 9.49. The number of amides is 2. The van der Waals surface area contributed by atoms with Gasteiger partial charge in [0, 0.05) is 13.1 Å². The average molecular weight is 477 g/mol. The molecule has 4 saturated carbocycles. The molecule has 0 unspecified atom stereocenters. The van der Waals surface area contributed by atoms with Gasteiger partial charge in [-0.1, -0.05) is 44.2 Å². The van der Waals surface area contributed by atoms with Gasteiger partial charge in [0.05, 0.1) is 24.8 Å². The number of rotatable bonds is 10. The fourth-order valence-electron chi connectivity index (χ4n) is 7.42. The largest absolute Gasteiger partial charge is 0.467 e. The lowest BCUT2D eigenvalue weighted by molar-refractivity contribution is -0.161. The Balaban J connectivity index is 1.32. The van der Waals surface area contributed by atoms with Crippen LogP contribution in [0.25, 0.3) is 0 Å². The van der Waals surface area contributed by atoms with E-state index < -0.39 is 0 Å². The lowest BCUT2D eigenvalue weighted by Crippen LogP contribution is -2.56. The molecule has 0 radical (unpaired) electrons. The Labute approximate surface area is 209 Å². The van der Waals surface area contributed by atoms with Crippen molar-refractivity contribution >= 4 is 11.8 Å². The van der Waals surface area contributed by atoms with Gasteiger partial charge in [0.1, 0.15) is 5.76 Å². The first kappa shape index (κ1) is 24.1. The summed E-state index contributed by atoms with van der Waals surface area (Å²) in [6.07, 6.45) is 9.46. The molecular formula is C30H40N2O3. The van der Waals surface area contributed by atoms with E-state index in [-0.39, 0.29) is 23.8 Å². The van der Waals surface area contributed by atoms with Crippen molar-refractivity contribution in [2.24, 2.45) is 29.1 Å². The molecule has 4 aliphatic carbocycles. The van der Waals surface area contributed by atoms with E-state index in [1.807, 2.05) is 40.1 Å². The van der Waals surface area contributed by atoms with E-state index in [0.717, 1.165) is 31.4 Å². The predicted octanol–water partition coefficient (Wildman–Crippen LogP) is 5.55. The molecule has 6 rings (SSSR count). The molecule has 5 nitrogen and oxygen atoms in total. The van der Waals surface area contributed by atoms with E-state index in [4.69, 9.17) is 4.42 Å². The van der Waals surface area contributed by atoms with Crippen LogP contribution in [0.2, 0.25) is 0 Å². The molecular weight excluding hydrogens is 436 g/mol. The summed E-state index contributed by atoms with van der Waals surface area (Å²) >= 11 is 0. The summed E-state index contributed by atoms with van der Waals surface area (Å²) in [6.45, 7) is 6.11. The summed E-state index contributed by atoms with van der Waals surface area (Å²) in [5.41, 5.74) is 0.980. The van der Waals surface area contributed by atoms with Crippen molar-refractivity contribution in [2.75, 3.05) is 19.6 Å². The number of carbonyl (C=O) groups excluding carboxylic acids is 2. The van der Waals surface area contributed by atoms with Crippen LogP contribution >= 0.6 is 0 Å². The molecule has 0 aliphatic heterocycles. The Morgan fingerprint density at radius 2 is 1.60 bits per heavy atom. The topological polar surface area (TPSA) is 53.8 Å². The third kappa shape index (κ3) is 5.49. The van der Waals surface area contributed by atoms with E-state index in [9.17, 15) is 9.59 Å². The van der Waals surface area contributed by atoms with Crippen LogP contribution in [-0.4, -0.2) is 41.2 Å². The third-order valence-corrected chi connectivity index (χ3v) is 8.48. The standard InChI is InChI=1S/C30H40N2O3/c1-22(2)19-32(29(34)30-16-24-13-25(17-30)15-26(14-24)18-30)21-28(33)31(20-27-9-6-12-35-27)11-10-23-7-4-3-5-8-23/h3-9,12,22,24-26H,10-11,13-21H2,1-2H3. The van der Waals surface area contributed by atoms with Crippen molar-refractivity contribution in [3.05, 3.63) is 60.1 Å². The molecule has 5 heteroatoms. The summed E-state index contributed by atoms with van der Waals surface area (Å²) in [4.78, 5) is 31.6. The molecule has 0 spiro atoms. The first-order valence-electron chi connectivity index (χ1n) is 13.5. The number of hydrogen-bond acceptors (Lipinski definition) is 3. The second kappa shape index (κ2) is 10.2. The molecule has 1 aromatic heterocycles. The maximum atomic E-state index is 14.1. The molecule has 0 saturated heterocycles. The normalized spacial score (nSPS) is 26.8. The van der Waals surface area contributed by atoms with E-state index in [1.54, 1.807) is 6.26 Å². The zero-order chi connectivity index (χ0) is 24.4. The maximum absolute atomic E-state index is 14.1. The molecule has 1 aromatic carbocycles. The summed E-state index contributed by atoms with van der Waals surface area (Å²) in [5, 5.41) is 0. The molecule has 2 amide bonds. The van der Waals surface area contributed by atoms with Crippen LogP contribution in [0.5, 0.6) is 0 Å². The Hall–Kier alpha value is -2.56. The molecule has 35 heavy (non-hydrogen) atoms. The molecule has 188 valence electrons.